The lowest BCUT2D eigenvalue weighted by molar-refractivity contribution is -0.131. The molecule has 0 aliphatic heterocycles. The van der Waals surface area contributed by atoms with Crippen molar-refractivity contribution in [2.75, 3.05) is 7.11 Å². The Morgan fingerprint density at radius 3 is 2.63 bits per heavy atom. The van der Waals surface area contributed by atoms with E-state index in [4.69, 9.17) is 20.8 Å². The van der Waals surface area contributed by atoms with Crippen LogP contribution >= 0.6 is 46.0 Å². The van der Waals surface area contributed by atoms with Crippen LogP contribution in [0.25, 0.3) is 17.5 Å². The average Bonchev–Trinajstić information content (AvgIpc) is 3.10. The Hall–Kier alpha value is -2.04. The molecule has 0 bridgehead atoms. The number of benzene rings is 2. The van der Waals surface area contributed by atoms with Crippen molar-refractivity contribution in [3.8, 4) is 17.2 Å². The van der Waals surface area contributed by atoms with E-state index in [-0.39, 0.29) is 16.0 Å². The highest BCUT2D eigenvalue weighted by Gasteiger charge is 2.16. The van der Waals surface area contributed by atoms with Crippen LogP contribution in [0.1, 0.15) is 5.56 Å². The van der Waals surface area contributed by atoms with Gasteiger partial charge in [0.05, 0.1) is 10.7 Å². The zero-order chi connectivity index (χ0) is 19.4. The highest BCUT2D eigenvalue weighted by Crippen LogP contribution is 2.31. The summed E-state index contributed by atoms with van der Waals surface area (Å²) in [5, 5.41) is 18.1. The monoisotopic (exact) mass is 514 g/mol. The molecule has 1 N–H and O–H groups in total. The van der Waals surface area contributed by atoms with Crippen LogP contribution in [0.3, 0.4) is 0 Å². The van der Waals surface area contributed by atoms with Gasteiger partial charge in [-0.1, -0.05) is 17.7 Å². The summed E-state index contributed by atoms with van der Waals surface area (Å²) < 4.78 is 11.6. The Balaban J connectivity index is 1.84. The van der Waals surface area contributed by atoms with Crippen molar-refractivity contribution in [3.63, 3.8) is 0 Å². The molecule has 0 aliphatic carbocycles. The van der Waals surface area contributed by atoms with E-state index in [1.807, 2.05) is 6.07 Å². The van der Waals surface area contributed by atoms with E-state index in [2.05, 4.69) is 32.8 Å². The Bertz CT molecular complexity index is 1000. The maximum atomic E-state index is 11.6. The number of nitrogens with zero attached hydrogens (tertiary/aromatic N) is 2. The molecular weight excluding hydrogens is 503 g/mol. The van der Waals surface area contributed by atoms with Gasteiger partial charge in [0.15, 0.2) is 0 Å². The molecule has 9 heteroatoms. The lowest BCUT2D eigenvalue weighted by Crippen LogP contribution is -1.97. The molecule has 3 aromatic rings. The molecule has 2 aromatic carbocycles. The molecule has 3 rings (SSSR count). The van der Waals surface area contributed by atoms with Gasteiger partial charge in [-0.05, 0) is 82.4 Å². The summed E-state index contributed by atoms with van der Waals surface area (Å²) in [7, 11) is 1.58. The first-order valence-electron chi connectivity index (χ1n) is 7.52. The Kier molecular flexibility index (Phi) is 6.40. The summed E-state index contributed by atoms with van der Waals surface area (Å²) in [4.78, 5) is 11.7. The normalized spacial score (nSPS) is 11.4. The van der Waals surface area contributed by atoms with Crippen LogP contribution in [-0.4, -0.2) is 28.4 Å². The fourth-order valence-corrected chi connectivity index (χ4v) is 3.67. The number of aliphatic carboxylic acids is 1. The number of carbonyl (C=O) groups is 1. The molecule has 0 saturated carbocycles. The van der Waals surface area contributed by atoms with E-state index in [1.54, 1.807) is 49.6 Å². The summed E-state index contributed by atoms with van der Waals surface area (Å²) in [5.41, 5.74) is 1.42. The van der Waals surface area contributed by atoms with E-state index in [1.165, 1.54) is 0 Å². The summed E-state index contributed by atoms with van der Waals surface area (Å²) in [6.45, 7) is 0. The first-order chi connectivity index (χ1) is 13.0. The Morgan fingerprint density at radius 2 is 2.00 bits per heavy atom. The van der Waals surface area contributed by atoms with Crippen molar-refractivity contribution in [1.82, 2.24) is 10.2 Å². The summed E-state index contributed by atoms with van der Waals surface area (Å²) in [6, 6.07) is 12.3. The van der Waals surface area contributed by atoms with Crippen molar-refractivity contribution >= 4 is 58.0 Å². The number of aromatic nitrogens is 2. The minimum absolute atomic E-state index is 0.0577. The molecule has 27 heavy (non-hydrogen) atoms. The van der Waals surface area contributed by atoms with E-state index in [9.17, 15) is 9.90 Å². The number of thioether (sulfide) groups is 1. The predicted molar refractivity (Wildman–Crippen MR) is 112 cm³/mol. The van der Waals surface area contributed by atoms with Crippen LogP contribution in [0, 0.1) is 3.57 Å². The SMILES string of the molecule is COc1ccc(/C=C(\Sc2nnc(-c3ccc(Cl)cc3)o2)C(=O)O)cc1I. The third-order valence-electron chi connectivity index (χ3n) is 3.38. The lowest BCUT2D eigenvalue weighted by Gasteiger charge is -2.04. The van der Waals surface area contributed by atoms with Gasteiger partial charge in [0.25, 0.3) is 5.22 Å². The fourth-order valence-electron chi connectivity index (χ4n) is 2.11. The van der Waals surface area contributed by atoms with Crippen molar-refractivity contribution in [3.05, 3.63) is 61.5 Å². The van der Waals surface area contributed by atoms with Gasteiger partial charge in [0.2, 0.25) is 5.89 Å². The fraction of sp³-hybridized carbons (Fsp3) is 0.0556. The van der Waals surface area contributed by atoms with Crippen LogP contribution in [0.4, 0.5) is 0 Å². The number of rotatable bonds is 6. The first-order valence-corrected chi connectivity index (χ1v) is 9.79. The van der Waals surface area contributed by atoms with E-state index < -0.39 is 5.97 Å². The molecule has 0 amide bonds. The van der Waals surface area contributed by atoms with Crippen LogP contribution in [0.5, 0.6) is 5.75 Å². The standard InChI is InChI=1S/C18H12ClIN2O4S/c1-25-14-7-2-10(8-13(14)20)9-15(17(23)24)27-18-22-21-16(26-18)11-3-5-12(19)6-4-11/h2-9H,1H3,(H,23,24)/b15-9-. The number of carboxylic acid groups (broad SMARTS) is 1. The Morgan fingerprint density at radius 1 is 1.26 bits per heavy atom. The van der Waals surface area contributed by atoms with Gasteiger partial charge in [-0.3, -0.25) is 0 Å². The number of hydrogen-bond acceptors (Lipinski definition) is 6. The van der Waals surface area contributed by atoms with Crippen molar-refractivity contribution in [2.24, 2.45) is 0 Å². The molecule has 0 radical (unpaired) electrons. The largest absolute Gasteiger partial charge is 0.496 e. The molecule has 0 atom stereocenters. The summed E-state index contributed by atoms with van der Waals surface area (Å²) in [5.74, 6) is -0.0724. The quantitative estimate of drug-likeness (QED) is 0.274. The molecule has 0 spiro atoms. The molecule has 0 aliphatic rings. The van der Waals surface area contributed by atoms with Crippen LogP contribution in [0.15, 0.2) is 57.0 Å². The first kappa shape index (κ1) is 19.7. The topological polar surface area (TPSA) is 85.5 Å². The molecule has 138 valence electrons. The maximum absolute atomic E-state index is 11.6. The van der Waals surface area contributed by atoms with E-state index in [0.717, 1.165) is 26.6 Å². The molecular formula is C18H12ClIN2O4S. The van der Waals surface area contributed by atoms with Gasteiger partial charge < -0.3 is 14.3 Å². The molecule has 6 nitrogen and oxygen atoms in total. The number of ether oxygens (including phenoxy) is 1. The van der Waals surface area contributed by atoms with E-state index >= 15 is 0 Å². The van der Waals surface area contributed by atoms with Gasteiger partial charge in [-0.2, -0.15) is 0 Å². The molecule has 0 fully saturated rings. The average molecular weight is 515 g/mol. The van der Waals surface area contributed by atoms with Crippen molar-refractivity contribution in [2.45, 2.75) is 5.22 Å². The number of hydrogen-bond donors (Lipinski definition) is 1. The smallest absolute Gasteiger partial charge is 0.342 e. The third-order valence-corrected chi connectivity index (χ3v) is 5.33. The van der Waals surface area contributed by atoms with Crippen LogP contribution in [-0.2, 0) is 4.79 Å². The zero-order valence-corrected chi connectivity index (χ0v) is 17.6. The second-order valence-electron chi connectivity index (χ2n) is 5.19. The second kappa shape index (κ2) is 8.77. The second-order valence-corrected chi connectivity index (χ2v) is 7.78. The lowest BCUT2D eigenvalue weighted by atomic mass is 10.2. The predicted octanol–water partition coefficient (Wildman–Crippen LogP) is 5.22. The van der Waals surface area contributed by atoms with Gasteiger partial charge in [-0.15, -0.1) is 10.2 Å². The van der Waals surface area contributed by atoms with Crippen LogP contribution < -0.4 is 4.74 Å². The molecule has 0 saturated heterocycles. The zero-order valence-electron chi connectivity index (χ0n) is 13.8. The van der Waals surface area contributed by atoms with Gasteiger partial charge in [-0.25, -0.2) is 4.79 Å². The van der Waals surface area contributed by atoms with Crippen molar-refractivity contribution < 1.29 is 19.1 Å². The van der Waals surface area contributed by atoms with Crippen molar-refractivity contribution in [1.29, 1.82) is 0 Å². The van der Waals surface area contributed by atoms with Gasteiger partial charge in [0, 0.05) is 10.6 Å². The number of halogens is 2. The van der Waals surface area contributed by atoms with E-state index in [0.29, 0.717) is 10.6 Å². The number of carboxylic acids is 1. The maximum Gasteiger partial charge on any atom is 0.342 e. The van der Waals surface area contributed by atoms with Gasteiger partial charge in [0.1, 0.15) is 10.7 Å². The molecule has 1 aromatic heterocycles. The molecule has 1 heterocycles. The highest BCUT2D eigenvalue weighted by molar-refractivity contribution is 14.1. The van der Waals surface area contributed by atoms with Gasteiger partial charge >= 0.3 is 5.97 Å². The summed E-state index contributed by atoms with van der Waals surface area (Å²) in [6.07, 6.45) is 1.54. The Labute approximate surface area is 177 Å². The minimum Gasteiger partial charge on any atom is -0.496 e. The summed E-state index contributed by atoms with van der Waals surface area (Å²) >= 11 is 8.88. The highest BCUT2D eigenvalue weighted by atomic mass is 127. The molecule has 0 unspecified atom stereocenters. The van der Waals surface area contributed by atoms with Crippen LogP contribution in [0.2, 0.25) is 5.02 Å². The minimum atomic E-state index is -1.09. The third kappa shape index (κ3) is 5.02. The number of methoxy groups -OCH3 is 1.